The highest BCUT2D eigenvalue weighted by Crippen LogP contribution is 2.23. The molecule has 0 saturated heterocycles. The Bertz CT molecular complexity index is 946. The summed E-state index contributed by atoms with van der Waals surface area (Å²) in [6, 6.07) is 11.7. The molecule has 0 aliphatic carbocycles. The molecule has 122 valence electrons. The Morgan fingerprint density at radius 1 is 1.33 bits per heavy atom. The Hall–Kier alpha value is -2.51. The van der Waals surface area contributed by atoms with E-state index in [1.165, 1.54) is 23.0 Å². The SMILES string of the molecule is COc1cccc(-c2n[nH]c(=S)n2/N=C/c2c(F)cccc2Cl)c1. The first-order chi connectivity index (χ1) is 11.6. The third kappa shape index (κ3) is 3.22. The summed E-state index contributed by atoms with van der Waals surface area (Å²) in [5.74, 6) is 0.681. The quantitative estimate of drug-likeness (QED) is 0.556. The van der Waals surface area contributed by atoms with Crippen molar-refractivity contribution in [1.82, 2.24) is 14.9 Å². The first-order valence-corrected chi connectivity index (χ1v) is 7.69. The molecule has 0 spiro atoms. The highest BCUT2D eigenvalue weighted by molar-refractivity contribution is 7.71. The van der Waals surface area contributed by atoms with E-state index in [4.69, 9.17) is 28.6 Å². The Morgan fingerprint density at radius 3 is 2.88 bits per heavy atom. The Labute approximate surface area is 147 Å². The van der Waals surface area contributed by atoms with Gasteiger partial charge in [-0.1, -0.05) is 29.8 Å². The van der Waals surface area contributed by atoms with Gasteiger partial charge in [-0.05, 0) is 36.5 Å². The number of ether oxygens (including phenoxy) is 1. The number of aromatic nitrogens is 3. The van der Waals surface area contributed by atoms with Gasteiger partial charge < -0.3 is 4.74 Å². The average Bonchev–Trinajstić information content (AvgIpc) is 2.95. The Balaban J connectivity index is 2.05. The number of hydrogen-bond acceptors (Lipinski definition) is 4. The lowest BCUT2D eigenvalue weighted by Gasteiger charge is -2.04. The number of nitrogens with one attached hydrogen (secondary N) is 1. The fourth-order valence-corrected chi connectivity index (χ4v) is 2.49. The molecule has 0 radical (unpaired) electrons. The standard InChI is InChI=1S/C16H12ClFN4OS/c1-23-11-5-2-4-10(8-11)15-20-21-16(24)22(15)19-9-12-13(17)6-3-7-14(12)18/h2-9H,1H3,(H,21,24)/b19-9+. The summed E-state index contributed by atoms with van der Waals surface area (Å²) in [4.78, 5) is 0. The van der Waals surface area contributed by atoms with Crippen molar-refractivity contribution in [1.29, 1.82) is 0 Å². The van der Waals surface area contributed by atoms with Crippen molar-refractivity contribution >= 4 is 30.0 Å². The largest absolute Gasteiger partial charge is 0.497 e. The van der Waals surface area contributed by atoms with Gasteiger partial charge in [-0.25, -0.2) is 9.49 Å². The third-order valence-electron chi connectivity index (χ3n) is 3.28. The van der Waals surface area contributed by atoms with Gasteiger partial charge in [-0.2, -0.15) is 14.9 Å². The van der Waals surface area contributed by atoms with Crippen molar-refractivity contribution in [2.24, 2.45) is 5.10 Å². The van der Waals surface area contributed by atoms with Gasteiger partial charge in [0.05, 0.1) is 18.3 Å². The van der Waals surface area contributed by atoms with E-state index in [-0.39, 0.29) is 15.4 Å². The summed E-state index contributed by atoms with van der Waals surface area (Å²) in [5.41, 5.74) is 0.928. The van der Waals surface area contributed by atoms with E-state index >= 15 is 0 Å². The van der Waals surface area contributed by atoms with Crippen molar-refractivity contribution in [2.45, 2.75) is 0 Å². The highest BCUT2D eigenvalue weighted by Gasteiger charge is 2.10. The lowest BCUT2D eigenvalue weighted by atomic mass is 10.2. The molecule has 8 heteroatoms. The number of benzene rings is 2. The van der Waals surface area contributed by atoms with Crippen molar-refractivity contribution in [2.75, 3.05) is 7.11 Å². The van der Waals surface area contributed by atoms with Crippen molar-refractivity contribution in [3.63, 3.8) is 0 Å². The molecule has 3 rings (SSSR count). The molecule has 1 aromatic heterocycles. The third-order valence-corrected chi connectivity index (χ3v) is 3.87. The van der Waals surface area contributed by atoms with Crippen molar-refractivity contribution < 1.29 is 9.13 Å². The maximum absolute atomic E-state index is 13.9. The molecule has 0 fully saturated rings. The van der Waals surface area contributed by atoms with Gasteiger partial charge in [0.15, 0.2) is 5.82 Å². The van der Waals surface area contributed by atoms with Crippen LogP contribution in [0.5, 0.6) is 5.75 Å². The topological polar surface area (TPSA) is 55.2 Å². The molecule has 0 amide bonds. The summed E-state index contributed by atoms with van der Waals surface area (Å²) in [6.45, 7) is 0. The monoisotopic (exact) mass is 362 g/mol. The molecular formula is C16H12ClFN4OS. The molecular weight excluding hydrogens is 351 g/mol. The van der Waals surface area contributed by atoms with Crippen LogP contribution in [0.3, 0.4) is 0 Å². The maximum atomic E-state index is 13.9. The number of methoxy groups -OCH3 is 1. The van der Waals surface area contributed by atoms with Gasteiger partial charge in [-0.15, -0.1) is 0 Å². The van der Waals surface area contributed by atoms with Gasteiger partial charge in [-0.3, -0.25) is 0 Å². The summed E-state index contributed by atoms with van der Waals surface area (Å²) in [5, 5.41) is 11.3. The zero-order chi connectivity index (χ0) is 17.1. The second-order valence-electron chi connectivity index (χ2n) is 4.78. The van der Waals surface area contributed by atoms with E-state index in [1.54, 1.807) is 19.2 Å². The van der Waals surface area contributed by atoms with E-state index in [1.807, 2.05) is 18.2 Å². The summed E-state index contributed by atoms with van der Waals surface area (Å²) in [6.07, 6.45) is 1.31. The minimum Gasteiger partial charge on any atom is -0.497 e. The van der Waals surface area contributed by atoms with Crippen LogP contribution < -0.4 is 4.74 Å². The van der Waals surface area contributed by atoms with Crippen LogP contribution in [0.2, 0.25) is 5.02 Å². The van der Waals surface area contributed by atoms with E-state index in [2.05, 4.69) is 15.3 Å². The summed E-state index contributed by atoms with van der Waals surface area (Å²) >= 11 is 11.2. The van der Waals surface area contributed by atoms with E-state index in [9.17, 15) is 4.39 Å². The molecule has 0 unspecified atom stereocenters. The molecule has 3 aromatic rings. The molecule has 5 nitrogen and oxygen atoms in total. The Morgan fingerprint density at radius 2 is 2.12 bits per heavy atom. The zero-order valence-corrected chi connectivity index (χ0v) is 14.1. The summed E-state index contributed by atoms with van der Waals surface area (Å²) in [7, 11) is 1.58. The average molecular weight is 363 g/mol. The van der Waals surface area contributed by atoms with Crippen LogP contribution in [0.4, 0.5) is 4.39 Å². The van der Waals surface area contributed by atoms with Crippen LogP contribution in [0, 0.1) is 10.6 Å². The first-order valence-electron chi connectivity index (χ1n) is 6.90. The smallest absolute Gasteiger partial charge is 0.216 e. The van der Waals surface area contributed by atoms with Crippen LogP contribution in [-0.4, -0.2) is 28.2 Å². The first kappa shape index (κ1) is 16.4. The van der Waals surface area contributed by atoms with E-state index in [0.29, 0.717) is 11.6 Å². The van der Waals surface area contributed by atoms with Gasteiger partial charge >= 0.3 is 0 Å². The van der Waals surface area contributed by atoms with Gasteiger partial charge in [0.25, 0.3) is 0 Å². The van der Waals surface area contributed by atoms with Crippen LogP contribution in [0.15, 0.2) is 47.6 Å². The van der Waals surface area contributed by atoms with Crippen LogP contribution in [0.25, 0.3) is 11.4 Å². The van der Waals surface area contributed by atoms with Crippen molar-refractivity contribution in [3.05, 3.63) is 63.6 Å². The molecule has 0 saturated carbocycles. The minimum atomic E-state index is -0.468. The fraction of sp³-hybridized carbons (Fsp3) is 0.0625. The second kappa shape index (κ2) is 6.94. The molecule has 24 heavy (non-hydrogen) atoms. The maximum Gasteiger partial charge on any atom is 0.216 e. The number of rotatable bonds is 4. The lowest BCUT2D eigenvalue weighted by molar-refractivity contribution is 0.415. The number of hydrogen-bond donors (Lipinski definition) is 1. The molecule has 0 bridgehead atoms. The molecule has 1 heterocycles. The molecule has 0 aliphatic heterocycles. The van der Waals surface area contributed by atoms with Gasteiger partial charge in [0.2, 0.25) is 4.77 Å². The Kier molecular flexibility index (Phi) is 4.73. The van der Waals surface area contributed by atoms with Crippen LogP contribution in [-0.2, 0) is 0 Å². The normalized spacial score (nSPS) is 11.1. The van der Waals surface area contributed by atoms with Gasteiger partial charge in [0.1, 0.15) is 11.6 Å². The fourth-order valence-electron chi connectivity index (χ4n) is 2.10. The van der Waals surface area contributed by atoms with Gasteiger partial charge in [0, 0.05) is 11.1 Å². The summed E-state index contributed by atoms with van der Waals surface area (Å²) < 4.78 is 20.7. The lowest BCUT2D eigenvalue weighted by Crippen LogP contribution is -1.97. The second-order valence-corrected chi connectivity index (χ2v) is 5.57. The van der Waals surface area contributed by atoms with Crippen LogP contribution in [0.1, 0.15) is 5.56 Å². The number of aromatic amines is 1. The predicted octanol–water partition coefficient (Wildman–Crippen LogP) is 4.29. The number of halogens is 2. The van der Waals surface area contributed by atoms with Crippen molar-refractivity contribution in [3.8, 4) is 17.1 Å². The zero-order valence-electron chi connectivity index (χ0n) is 12.5. The van der Waals surface area contributed by atoms with E-state index in [0.717, 1.165) is 5.56 Å². The molecule has 0 atom stereocenters. The highest BCUT2D eigenvalue weighted by atomic mass is 35.5. The van der Waals surface area contributed by atoms with E-state index < -0.39 is 5.82 Å². The predicted molar refractivity (Wildman–Crippen MR) is 93.8 cm³/mol. The number of H-pyrrole nitrogens is 1. The molecule has 2 aromatic carbocycles. The molecule has 0 aliphatic rings. The minimum absolute atomic E-state index is 0.179. The van der Waals surface area contributed by atoms with Crippen LogP contribution >= 0.6 is 23.8 Å². The molecule has 1 N–H and O–H groups in total. The number of nitrogens with zero attached hydrogens (tertiary/aromatic N) is 3.